The van der Waals surface area contributed by atoms with Crippen molar-refractivity contribution in [2.45, 2.75) is 31.4 Å². The zero-order valence-electron chi connectivity index (χ0n) is 20.9. The highest BCUT2D eigenvalue weighted by Gasteiger charge is 2.63. The third-order valence-electron chi connectivity index (χ3n) is 7.35. The number of aliphatic hydroxyl groups excluding tert-OH is 2. The van der Waals surface area contributed by atoms with Crippen molar-refractivity contribution in [1.82, 2.24) is 4.90 Å². The van der Waals surface area contributed by atoms with E-state index in [1.165, 1.54) is 0 Å². The standard InChI is InChI=1S/C25H31N3O7.ClH/c1-6-35-15-8-7-14(27(2)3)12-9-11-10-13-19(28(4)5)21(30)18(24(26)33)23(32)25(13,34)22(31)16(11)20(29)17(12)15;/h7-8,11,13,19,30-31,34H,6,9-10H2,1-5H3,(H2,26,33);1H. The molecule has 4 unspecified atom stereocenters. The maximum absolute atomic E-state index is 13.8. The van der Waals surface area contributed by atoms with Crippen LogP contribution in [0.1, 0.15) is 29.3 Å². The first-order valence-electron chi connectivity index (χ1n) is 11.5. The molecular formula is C25H32ClN3O7. The van der Waals surface area contributed by atoms with E-state index in [1.807, 2.05) is 25.1 Å². The molecule has 1 amide bonds. The van der Waals surface area contributed by atoms with Crippen molar-refractivity contribution in [3.05, 3.63) is 45.9 Å². The zero-order chi connectivity index (χ0) is 26.0. The predicted octanol–water partition coefficient (Wildman–Crippen LogP) is 1.30. The van der Waals surface area contributed by atoms with Crippen molar-refractivity contribution >= 4 is 35.6 Å². The first-order valence-corrected chi connectivity index (χ1v) is 11.5. The number of amides is 1. The van der Waals surface area contributed by atoms with Crippen molar-refractivity contribution in [3.63, 3.8) is 0 Å². The Kier molecular flexibility index (Phi) is 7.20. The molecule has 3 aliphatic rings. The van der Waals surface area contributed by atoms with E-state index in [2.05, 4.69) is 0 Å². The summed E-state index contributed by atoms with van der Waals surface area (Å²) in [7, 11) is 6.95. The van der Waals surface area contributed by atoms with Gasteiger partial charge in [-0.15, -0.1) is 12.4 Å². The molecule has 4 atom stereocenters. The van der Waals surface area contributed by atoms with E-state index in [1.54, 1.807) is 32.0 Å². The number of nitrogens with zero attached hydrogens (tertiary/aromatic N) is 2. The number of likely N-dealkylation sites (N-methyl/N-ethyl adjacent to an activating group) is 1. The third-order valence-corrected chi connectivity index (χ3v) is 7.35. The Balaban J connectivity index is 0.00000361. The van der Waals surface area contributed by atoms with Crippen molar-refractivity contribution < 1.29 is 34.4 Å². The average Bonchev–Trinajstić information content (AvgIpc) is 2.75. The molecule has 0 bridgehead atoms. The van der Waals surface area contributed by atoms with E-state index in [-0.39, 0.29) is 30.0 Å². The fourth-order valence-electron chi connectivity index (χ4n) is 5.92. The van der Waals surface area contributed by atoms with E-state index in [9.17, 15) is 29.7 Å². The summed E-state index contributed by atoms with van der Waals surface area (Å²) in [5.41, 5.74) is 3.76. The van der Waals surface area contributed by atoms with E-state index < -0.39 is 58.0 Å². The lowest BCUT2D eigenvalue weighted by atomic mass is 9.58. The van der Waals surface area contributed by atoms with E-state index >= 15 is 0 Å². The summed E-state index contributed by atoms with van der Waals surface area (Å²) in [6, 6.07) is 2.57. The van der Waals surface area contributed by atoms with E-state index in [0.717, 1.165) is 11.3 Å². The van der Waals surface area contributed by atoms with Gasteiger partial charge in [-0.2, -0.15) is 0 Å². The third kappa shape index (κ3) is 3.66. The normalized spacial score (nSPS) is 27.2. The van der Waals surface area contributed by atoms with Crippen molar-refractivity contribution in [2.24, 2.45) is 17.6 Å². The number of ether oxygens (including phenoxy) is 1. The van der Waals surface area contributed by atoms with Gasteiger partial charge in [0.1, 0.15) is 22.8 Å². The predicted molar refractivity (Wildman–Crippen MR) is 135 cm³/mol. The molecule has 11 heteroatoms. The van der Waals surface area contributed by atoms with E-state index in [4.69, 9.17) is 10.5 Å². The van der Waals surface area contributed by atoms with Crippen LogP contribution in [-0.4, -0.2) is 84.1 Å². The fourth-order valence-corrected chi connectivity index (χ4v) is 5.92. The largest absolute Gasteiger partial charge is 0.510 e. The Hall–Kier alpha value is -3.08. The maximum atomic E-state index is 13.8. The Bertz CT molecular complexity index is 1210. The van der Waals surface area contributed by atoms with Crippen LogP contribution in [0.4, 0.5) is 5.69 Å². The molecule has 0 radical (unpaired) electrons. The number of anilines is 1. The fraction of sp³-hybridized carbons (Fsp3) is 0.480. The number of rotatable bonds is 5. The number of nitrogens with two attached hydrogens (primary N) is 1. The molecule has 0 aliphatic heterocycles. The topological polar surface area (TPSA) is 154 Å². The SMILES string of the molecule is CCOc1ccc(N(C)C)c2c1C(=O)C1=C(O)C3(O)C(=O)C(C(N)=O)=C(O)C(N(C)C)C3CC1C2.Cl. The minimum absolute atomic E-state index is 0. The average molecular weight is 522 g/mol. The van der Waals surface area contributed by atoms with Crippen LogP contribution in [0.15, 0.2) is 34.8 Å². The monoisotopic (exact) mass is 521 g/mol. The summed E-state index contributed by atoms with van der Waals surface area (Å²) < 4.78 is 5.71. The van der Waals surface area contributed by atoms with Gasteiger partial charge in [-0.05, 0) is 57.5 Å². The summed E-state index contributed by atoms with van der Waals surface area (Å²) >= 11 is 0. The second kappa shape index (κ2) is 9.42. The lowest BCUT2D eigenvalue weighted by Gasteiger charge is -2.50. The molecule has 5 N–H and O–H groups in total. The molecule has 0 saturated heterocycles. The Morgan fingerprint density at radius 3 is 2.36 bits per heavy atom. The van der Waals surface area contributed by atoms with Crippen molar-refractivity contribution in [3.8, 4) is 5.75 Å². The highest BCUT2D eigenvalue weighted by molar-refractivity contribution is 6.24. The summed E-state index contributed by atoms with van der Waals surface area (Å²) in [6.07, 6.45) is 0.459. The minimum Gasteiger partial charge on any atom is -0.510 e. The zero-order valence-corrected chi connectivity index (χ0v) is 21.7. The molecule has 1 aromatic rings. The maximum Gasteiger partial charge on any atom is 0.255 e. The van der Waals surface area contributed by atoms with Gasteiger partial charge in [0.05, 0.1) is 18.2 Å². The minimum atomic E-state index is -2.59. The van der Waals surface area contributed by atoms with Crippen LogP contribution < -0.4 is 15.4 Å². The second-order valence-corrected chi connectivity index (χ2v) is 9.73. The highest BCUT2D eigenvalue weighted by atomic mass is 35.5. The molecule has 36 heavy (non-hydrogen) atoms. The number of Topliss-reactive ketones (excluding diaryl/α,β-unsaturated/α-hetero) is 2. The van der Waals surface area contributed by atoms with Crippen LogP contribution in [0.25, 0.3) is 0 Å². The molecular weight excluding hydrogens is 490 g/mol. The molecule has 0 spiro atoms. The van der Waals surface area contributed by atoms with E-state index in [0.29, 0.717) is 18.8 Å². The number of halogens is 1. The summed E-state index contributed by atoms with van der Waals surface area (Å²) in [5.74, 6) is -5.52. The van der Waals surface area contributed by atoms with Crippen LogP contribution in [0.5, 0.6) is 5.75 Å². The number of ketones is 2. The van der Waals surface area contributed by atoms with Gasteiger partial charge < -0.3 is 30.7 Å². The Morgan fingerprint density at radius 1 is 1.19 bits per heavy atom. The number of benzene rings is 1. The summed E-state index contributed by atoms with van der Waals surface area (Å²) in [6.45, 7) is 2.11. The van der Waals surface area contributed by atoms with Gasteiger partial charge in [-0.1, -0.05) is 0 Å². The van der Waals surface area contributed by atoms with Crippen LogP contribution >= 0.6 is 12.4 Å². The molecule has 0 heterocycles. The van der Waals surface area contributed by atoms with Crippen molar-refractivity contribution in [2.75, 3.05) is 39.7 Å². The quantitative estimate of drug-likeness (QED) is 0.420. The number of carbonyl (C=O) groups excluding carboxylic acids is 3. The molecule has 0 aromatic heterocycles. The molecule has 4 rings (SSSR count). The smallest absolute Gasteiger partial charge is 0.255 e. The number of primary amides is 1. The van der Waals surface area contributed by atoms with Gasteiger partial charge in [-0.3, -0.25) is 19.3 Å². The van der Waals surface area contributed by atoms with Crippen LogP contribution in [0.3, 0.4) is 0 Å². The number of hydrogen-bond acceptors (Lipinski definition) is 9. The molecule has 10 nitrogen and oxygen atoms in total. The summed E-state index contributed by atoms with van der Waals surface area (Å²) in [5, 5.41) is 33.9. The first kappa shape index (κ1) is 27.5. The number of allylic oxidation sites excluding steroid dienone is 1. The van der Waals surface area contributed by atoms with Gasteiger partial charge in [0.2, 0.25) is 5.78 Å². The van der Waals surface area contributed by atoms with Gasteiger partial charge in [0, 0.05) is 31.3 Å². The summed E-state index contributed by atoms with van der Waals surface area (Å²) in [4.78, 5) is 42.7. The lowest BCUT2D eigenvalue weighted by molar-refractivity contribution is -0.148. The van der Waals surface area contributed by atoms with Crippen molar-refractivity contribution in [1.29, 1.82) is 0 Å². The lowest BCUT2D eigenvalue weighted by Crippen LogP contribution is -2.63. The van der Waals surface area contributed by atoms with Gasteiger partial charge >= 0.3 is 0 Å². The highest BCUT2D eigenvalue weighted by Crippen LogP contribution is 2.53. The van der Waals surface area contributed by atoms with Gasteiger partial charge in [0.25, 0.3) is 5.91 Å². The number of aliphatic hydroxyl groups is 3. The number of fused-ring (bicyclic) bond motifs is 3. The van der Waals surface area contributed by atoms with Crippen LogP contribution in [0, 0.1) is 11.8 Å². The number of carbonyl (C=O) groups is 3. The molecule has 3 aliphatic carbocycles. The van der Waals surface area contributed by atoms with Crippen LogP contribution in [-0.2, 0) is 16.0 Å². The number of hydrogen-bond donors (Lipinski definition) is 4. The molecule has 0 fully saturated rings. The Labute approximate surface area is 215 Å². The Morgan fingerprint density at radius 2 is 1.83 bits per heavy atom. The van der Waals surface area contributed by atoms with Crippen LogP contribution in [0.2, 0.25) is 0 Å². The van der Waals surface area contributed by atoms with Gasteiger partial charge in [-0.25, -0.2) is 0 Å². The second-order valence-electron chi connectivity index (χ2n) is 9.73. The molecule has 0 saturated carbocycles. The molecule has 196 valence electrons. The first-order chi connectivity index (χ1) is 16.4. The molecule has 1 aromatic carbocycles. The van der Waals surface area contributed by atoms with Gasteiger partial charge in [0.15, 0.2) is 11.4 Å².